The highest BCUT2D eigenvalue weighted by molar-refractivity contribution is 7.96. The van der Waals surface area contributed by atoms with Crippen LogP contribution in [0.2, 0.25) is 0 Å². The van der Waals surface area contributed by atoms with Gasteiger partial charge in [-0.05, 0) is 71.0 Å². The van der Waals surface area contributed by atoms with Crippen LogP contribution in [0.3, 0.4) is 0 Å². The third-order valence-electron chi connectivity index (χ3n) is 6.12. The van der Waals surface area contributed by atoms with Crippen molar-refractivity contribution in [3.63, 3.8) is 0 Å². The maximum Gasteiger partial charge on any atom is 0.573 e. The number of nitrogens with one attached hydrogen (secondary N) is 2. The minimum absolute atomic E-state index is 0.276. The van der Waals surface area contributed by atoms with Crippen molar-refractivity contribution < 1.29 is 22.7 Å². The lowest BCUT2D eigenvalue weighted by molar-refractivity contribution is -0.274. The Morgan fingerprint density at radius 1 is 1.07 bits per heavy atom. The summed E-state index contributed by atoms with van der Waals surface area (Å²) in [6.07, 6.45) is 0.447. The third kappa shape index (κ3) is 6.20. The molecule has 2 aromatic heterocycles. The Morgan fingerprint density at radius 2 is 1.85 bits per heavy atom. The molecule has 7 nitrogen and oxygen atoms in total. The van der Waals surface area contributed by atoms with Crippen molar-refractivity contribution in [2.45, 2.75) is 26.1 Å². The van der Waals surface area contributed by atoms with Crippen LogP contribution < -0.4 is 14.8 Å². The van der Waals surface area contributed by atoms with Crippen LogP contribution in [0.15, 0.2) is 89.6 Å². The molecule has 0 unspecified atom stereocenters. The molecule has 0 saturated carbocycles. The van der Waals surface area contributed by atoms with Crippen LogP contribution >= 0.6 is 12.1 Å². The number of hydrogen-bond acceptors (Lipinski definition) is 5. The first-order chi connectivity index (χ1) is 19.2. The number of pyridine rings is 1. The topological polar surface area (TPSA) is 80.0 Å². The predicted octanol–water partition coefficient (Wildman–Crippen LogP) is 7.98. The first-order valence-corrected chi connectivity index (χ1v) is 13.1. The lowest BCUT2D eigenvalue weighted by atomic mass is 10.0. The molecule has 0 spiro atoms. The van der Waals surface area contributed by atoms with E-state index < -0.39 is 6.36 Å². The second kappa shape index (κ2) is 11.3. The van der Waals surface area contributed by atoms with E-state index in [0.717, 1.165) is 45.4 Å². The number of nitrogens with zero attached hydrogens (tertiary/aromatic N) is 3. The summed E-state index contributed by atoms with van der Waals surface area (Å²) < 4.78 is 50.1. The van der Waals surface area contributed by atoms with Crippen molar-refractivity contribution in [3.8, 4) is 17.0 Å². The van der Waals surface area contributed by atoms with Gasteiger partial charge in [-0.15, -0.1) is 13.2 Å². The normalized spacial score (nSPS) is 11.9. The van der Waals surface area contributed by atoms with Crippen molar-refractivity contribution >= 4 is 46.5 Å². The van der Waals surface area contributed by atoms with Crippen molar-refractivity contribution in [3.05, 3.63) is 96.3 Å². The van der Waals surface area contributed by atoms with E-state index in [1.54, 1.807) is 24.5 Å². The number of hydrogen-bond donors (Lipinski definition) is 2. The molecule has 0 aliphatic heterocycles. The second-order valence-electron chi connectivity index (χ2n) is 9.20. The number of imidazole rings is 1. The third-order valence-corrected chi connectivity index (χ3v) is 6.61. The molecule has 0 radical (unpaired) electrons. The van der Waals surface area contributed by atoms with E-state index >= 15 is 0 Å². The maximum absolute atomic E-state index is 12.5. The highest BCUT2D eigenvalue weighted by Crippen LogP contribution is 2.29. The van der Waals surface area contributed by atoms with Gasteiger partial charge in [-0.3, -0.25) is 9.12 Å². The molecule has 204 valence electrons. The van der Waals surface area contributed by atoms with Crippen molar-refractivity contribution in [2.75, 3.05) is 5.32 Å². The van der Waals surface area contributed by atoms with Crippen LogP contribution in [-0.4, -0.2) is 28.0 Å². The van der Waals surface area contributed by atoms with Crippen molar-refractivity contribution in [1.29, 1.82) is 0 Å². The van der Waals surface area contributed by atoms with Gasteiger partial charge in [-0.1, -0.05) is 38.1 Å². The van der Waals surface area contributed by atoms with E-state index in [-0.39, 0.29) is 17.7 Å². The standard InChI is InChI=1S/C29H24F3N5O2S/c1-18(2)23-5-3-4-6-25(23)35-28(38)36-40-34-16-19-7-12-24-21(15-19)13-14-37-26(17-33-27(24)37)20-8-10-22(11-9-20)39-29(30,31)32/h3-18H,1-2H3,(H2,35,36,38)/b34-16+. The summed E-state index contributed by atoms with van der Waals surface area (Å²) in [5.74, 6) is -0.00618. The van der Waals surface area contributed by atoms with Crippen LogP contribution in [0.5, 0.6) is 5.75 Å². The molecule has 11 heteroatoms. The molecule has 0 aliphatic carbocycles. The number of carbonyl (C=O) groups is 1. The van der Waals surface area contributed by atoms with Crippen molar-refractivity contribution in [2.24, 2.45) is 4.40 Å². The fourth-order valence-corrected chi connectivity index (χ4v) is 4.69. The number of anilines is 1. The van der Waals surface area contributed by atoms with Crippen molar-refractivity contribution in [1.82, 2.24) is 14.1 Å². The molecule has 3 aromatic carbocycles. The van der Waals surface area contributed by atoms with Crippen LogP contribution in [0.4, 0.5) is 23.7 Å². The minimum Gasteiger partial charge on any atom is -0.406 e. The van der Waals surface area contributed by atoms with Gasteiger partial charge in [0.25, 0.3) is 0 Å². The summed E-state index contributed by atoms with van der Waals surface area (Å²) in [4.78, 5) is 16.8. The number of para-hydroxylation sites is 1. The smallest absolute Gasteiger partial charge is 0.406 e. The predicted molar refractivity (Wildman–Crippen MR) is 153 cm³/mol. The van der Waals surface area contributed by atoms with Gasteiger partial charge in [0.15, 0.2) is 0 Å². The van der Waals surface area contributed by atoms with Gasteiger partial charge in [0.2, 0.25) is 0 Å². The molecule has 0 saturated heterocycles. The van der Waals surface area contributed by atoms with Gasteiger partial charge in [0, 0.05) is 29.0 Å². The summed E-state index contributed by atoms with van der Waals surface area (Å²) >= 11 is 0.922. The van der Waals surface area contributed by atoms with E-state index in [1.165, 1.54) is 12.1 Å². The fourth-order valence-electron chi connectivity index (χ4n) is 4.33. The maximum atomic E-state index is 12.5. The summed E-state index contributed by atoms with van der Waals surface area (Å²) in [5, 5.41) is 4.69. The number of benzene rings is 3. The lowest BCUT2D eigenvalue weighted by Crippen LogP contribution is -2.23. The number of aromatic nitrogens is 2. The Balaban J connectivity index is 1.26. The molecule has 0 atom stereocenters. The SMILES string of the molecule is CC(C)c1ccccc1NC(=O)NS/N=C/c1ccc2c(ccn3c(-c4ccc(OC(F)(F)F)cc4)cnc23)c1. The molecule has 40 heavy (non-hydrogen) atoms. The molecule has 2 N–H and O–H groups in total. The summed E-state index contributed by atoms with van der Waals surface area (Å²) in [6.45, 7) is 4.13. The molecule has 2 heterocycles. The van der Waals surface area contributed by atoms with E-state index in [4.69, 9.17) is 0 Å². The van der Waals surface area contributed by atoms with Gasteiger partial charge >= 0.3 is 12.4 Å². The van der Waals surface area contributed by atoms with Gasteiger partial charge in [0.05, 0.1) is 24.0 Å². The number of rotatable bonds is 7. The Bertz CT molecular complexity index is 1700. The Morgan fingerprint density at radius 3 is 2.60 bits per heavy atom. The highest BCUT2D eigenvalue weighted by atomic mass is 32.2. The van der Waals surface area contributed by atoms with Gasteiger partial charge in [-0.25, -0.2) is 14.2 Å². The van der Waals surface area contributed by atoms with E-state index in [2.05, 4.69) is 38.0 Å². The van der Waals surface area contributed by atoms with Gasteiger partial charge in [0.1, 0.15) is 11.4 Å². The van der Waals surface area contributed by atoms with Gasteiger partial charge in [-0.2, -0.15) is 0 Å². The molecule has 0 bridgehead atoms. The molecular weight excluding hydrogens is 539 g/mol. The van der Waals surface area contributed by atoms with Crippen LogP contribution in [-0.2, 0) is 0 Å². The quantitative estimate of drug-likeness (QED) is 0.155. The zero-order chi connectivity index (χ0) is 28.3. The number of fused-ring (bicyclic) bond motifs is 3. The lowest BCUT2D eigenvalue weighted by Gasteiger charge is -2.13. The largest absolute Gasteiger partial charge is 0.573 e. The van der Waals surface area contributed by atoms with E-state index in [0.29, 0.717) is 11.2 Å². The number of carbonyl (C=O) groups excluding carboxylic acids is 1. The van der Waals surface area contributed by atoms with Crippen LogP contribution in [0.1, 0.15) is 30.9 Å². The Hall–Kier alpha value is -4.51. The summed E-state index contributed by atoms with van der Waals surface area (Å²) in [5.41, 5.74) is 4.79. The minimum atomic E-state index is -4.74. The molecule has 5 rings (SSSR count). The average Bonchev–Trinajstić information content (AvgIpc) is 3.35. The zero-order valence-electron chi connectivity index (χ0n) is 21.4. The number of amides is 2. The van der Waals surface area contributed by atoms with Crippen LogP contribution in [0, 0.1) is 0 Å². The number of urea groups is 1. The Labute approximate surface area is 232 Å². The number of alkyl halides is 3. The monoisotopic (exact) mass is 563 g/mol. The summed E-state index contributed by atoms with van der Waals surface area (Å²) in [6, 6.07) is 20.7. The van der Waals surface area contributed by atoms with Gasteiger partial charge < -0.3 is 10.1 Å². The summed E-state index contributed by atoms with van der Waals surface area (Å²) in [7, 11) is 0. The van der Waals surface area contributed by atoms with E-state index in [1.807, 2.05) is 59.1 Å². The molecule has 5 aromatic rings. The van der Waals surface area contributed by atoms with Crippen LogP contribution in [0.25, 0.3) is 27.7 Å². The molecule has 0 aliphatic rings. The molecular formula is C29H24F3N5O2S. The highest BCUT2D eigenvalue weighted by Gasteiger charge is 2.31. The Kier molecular flexibility index (Phi) is 7.65. The first kappa shape index (κ1) is 27.1. The fraction of sp³-hybridized carbons (Fsp3) is 0.138. The number of ether oxygens (including phenoxy) is 1. The first-order valence-electron chi connectivity index (χ1n) is 12.3. The zero-order valence-corrected chi connectivity index (χ0v) is 22.3. The number of halogens is 3. The molecule has 2 amide bonds. The molecule has 0 fully saturated rings. The average molecular weight is 564 g/mol. The van der Waals surface area contributed by atoms with E-state index in [9.17, 15) is 18.0 Å². The second-order valence-corrected chi connectivity index (χ2v) is 9.79.